The van der Waals surface area contributed by atoms with Gasteiger partial charge in [0.25, 0.3) is 0 Å². The summed E-state index contributed by atoms with van der Waals surface area (Å²) in [5.74, 6) is 0.815. The van der Waals surface area contributed by atoms with Crippen molar-refractivity contribution in [2.45, 2.75) is 38.2 Å². The molecule has 0 aromatic carbocycles. The molecule has 2 saturated heterocycles. The molecule has 2 fully saturated rings. The molecule has 112 valence electrons. The summed E-state index contributed by atoms with van der Waals surface area (Å²) in [4.78, 5) is 2.63. The van der Waals surface area contributed by atoms with Crippen LogP contribution >= 0.6 is 0 Å². The predicted molar refractivity (Wildman–Crippen MR) is 77.5 cm³/mol. The lowest BCUT2D eigenvalue weighted by Gasteiger charge is -2.33. The number of hydrogen-bond donors (Lipinski definition) is 1. The molecule has 4 heteroatoms. The van der Waals surface area contributed by atoms with Crippen molar-refractivity contribution in [2.75, 3.05) is 53.0 Å². The molecule has 0 saturated carbocycles. The van der Waals surface area contributed by atoms with Crippen molar-refractivity contribution < 1.29 is 9.47 Å². The first-order valence-electron chi connectivity index (χ1n) is 7.92. The Morgan fingerprint density at radius 2 is 2.26 bits per heavy atom. The zero-order chi connectivity index (χ0) is 13.3. The molecule has 2 unspecified atom stereocenters. The fourth-order valence-electron chi connectivity index (χ4n) is 3.20. The zero-order valence-corrected chi connectivity index (χ0v) is 12.4. The van der Waals surface area contributed by atoms with Gasteiger partial charge in [0, 0.05) is 33.4 Å². The van der Waals surface area contributed by atoms with E-state index in [4.69, 9.17) is 9.47 Å². The van der Waals surface area contributed by atoms with Crippen molar-refractivity contribution in [1.82, 2.24) is 10.2 Å². The normalized spacial score (nSPS) is 28.9. The molecule has 1 N–H and O–H groups in total. The molecule has 4 nitrogen and oxygen atoms in total. The van der Waals surface area contributed by atoms with Crippen LogP contribution in [0.25, 0.3) is 0 Å². The van der Waals surface area contributed by atoms with E-state index >= 15 is 0 Å². The van der Waals surface area contributed by atoms with E-state index in [9.17, 15) is 0 Å². The van der Waals surface area contributed by atoms with Crippen LogP contribution in [-0.4, -0.2) is 64.1 Å². The van der Waals surface area contributed by atoms with Crippen LogP contribution in [0.15, 0.2) is 0 Å². The highest BCUT2D eigenvalue weighted by Crippen LogP contribution is 2.19. The van der Waals surface area contributed by atoms with E-state index < -0.39 is 0 Å². The van der Waals surface area contributed by atoms with E-state index in [0.29, 0.717) is 6.10 Å². The van der Waals surface area contributed by atoms with Gasteiger partial charge in [0.1, 0.15) is 0 Å². The van der Waals surface area contributed by atoms with Crippen LogP contribution in [0.1, 0.15) is 32.1 Å². The average Bonchev–Trinajstić information content (AvgIpc) is 2.95. The molecular weight excluding hydrogens is 240 g/mol. The van der Waals surface area contributed by atoms with Gasteiger partial charge in [-0.15, -0.1) is 0 Å². The zero-order valence-electron chi connectivity index (χ0n) is 12.4. The number of ether oxygens (including phenoxy) is 2. The molecule has 2 aliphatic heterocycles. The molecule has 2 rings (SSSR count). The van der Waals surface area contributed by atoms with Crippen molar-refractivity contribution >= 4 is 0 Å². The van der Waals surface area contributed by atoms with Crippen LogP contribution < -0.4 is 5.32 Å². The lowest BCUT2D eigenvalue weighted by Crippen LogP contribution is -2.41. The van der Waals surface area contributed by atoms with E-state index in [1.54, 1.807) is 7.11 Å². The van der Waals surface area contributed by atoms with Gasteiger partial charge < -0.3 is 19.7 Å². The maximum Gasteiger partial charge on any atom is 0.0588 e. The fourth-order valence-corrected chi connectivity index (χ4v) is 3.20. The summed E-state index contributed by atoms with van der Waals surface area (Å²) in [5, 5.41) is 3.50. The summed E-state index contributed by atoms with van der Waals surface area (Å²) in [7, 11) is 1.76. The van der Waals surface area contributed by atoms with Gasteiger partial charge in [0.15, 0.2) is 0 Å². The smallest absolute Gasteiger partial charge is 0.0588 e. The Hall–Kier alpha value is -0.160. The van der Waals surface area contributed by atoms with Crippen molar-refractivity contribution in [1.29, 1.82) is 0 Å². The Bertz CT molecular complexity index is 232. The van der Waals surface area contributed by atoms with Crippen molar-refractivity contribution in [2.24, 2.45) is 5.92 Å². The van der Waals surface area contributed by atoms with E-state index in [2.05, 4.69) is 10.2 Å². The summed E-state index contributed by atoms with van der Waals surface area (Å²) >= 11 is 0. The molecule has 0 amide bonds. The molecule has 0 aromatic heterocycles. The van der Waals surface area contributed by atoms with Crippen LogP contribution in [-0.2, 0) is 9.47 Å². The SMILES string of the molecule is COCCNCC1CCCN(CCC2CCCO2)C1. The molecule has 0 aliphatic carbocycles. The number of likely N-dealkylation sites (tertiary alicyclic amines) is 1. The minimum absolute atomic E-state index is 0.542. The summed E-state index contributed by atoms with van der Waals surface area (Å²) in [5.41, 5.74) is 0. The number of hydrogen-bond acceptors (Lipinski definition) is 4. The summed E-state index contributed by atoms with van der Waals surface area (Å²) in [6.45, 7) is 7.67. The third kappa shape index (κ3) is 5.78. The van der Waals surface area contributed by atoms with Crippen LogP contribution in [0.3, 0.4) is 0 Å². The Kier molecular flexibility index (Phi) is 7.14. The van der Waals surface area contributed by atoms with Crippen molar-refractivity contribution in [3.63, 3.8) is 0 Å². The highest BCUT2D eigenvalue weighted by Gasteiger charge is 2.21. The minimum atomic E-state index is 0.542. The maximum absolute atomic E-state index is 5.71. The second kappa shape index (κ2) is 8.90. The van der Waals surface area contributed by atoms with Crippen molar-refractivity contribution in [3.8, 4) is 0 Å². The highest BCUT2D eigenvalue weighted by molar-refractivity contribution is 4.76. The van der Waals surface area contributed by atoms with E-state index in [1.807, 2.05) is 0 Å². The Morgan fingerprint density at radius 1 is 1.32 bits per heavy atom. The third-order valence-electron chi connectivity index (χ3n) is 4.31. The second-order valence-electron chi connectivity index (χ2n) is 5.93. The first-order valence-corrected chi connectivity index (χ1v) is 7.92. The van der Waals surface area contributed by atoms with Gasteiger partial charge in [-0.25, -0.2) is 0 Å². The fraction of sp³-hybridized carbons (Fsp3) is 1.00. The van der Waals surface area contributed by atoms with Gasteiger partial charge in [0.05, 0.1) is 12.7 Å². The quantitative estimate of drug-likeness (QED) is 0.678. The minimum Gasteiger partial charge on any atom is -0.383 e. The molecular formula is C15H30N2O2. The number of nitrogens with zero attached hydrogens (tertiary/aromatic N) is 1. The van der Waals surface area contributed by atoms with Gasteiger partial charge in [-0.2, -0.15) is 0 Å². The van der Waals surface area contributed by atoms with E-state index in [0.717, 1.165) is 32.2 Å². The number of nitrogens with one attached hydrogen (secondary N) is 1. The number of methoxy groups -OCH3 is 1. The van der Waals surface area contributed by atoms with Crippen LogP contribution in [0.5, 0.6) is 0 Å². The van der Waals surface area contributed by atoms with Crippen LogP contribution in [0.4, 0.5) is 0 Å². The molecule has 19 heavy (non-hydrogen) atoms. The Balaban J connectivity index is 1.57. The molecule has 0 spiro atoms. The predicted octanol–water partition coefficient (Wildman–Crippen LogP) is 1.50. The lowest BCUT2D eigenvalue weighted by atomic mass is 9.97. The largest absolute Gasteiger partial charge is 0.383 e. The maximum atomic E-state index is 5.71. The van der Waals surface area contributed by atoms with Crippen LogP contribution in [0.2, 0.25) is 0 Å². The molecule has 2 aliphatic rings. The second-order valence-corrected chi connectivity index (χ2v) is 5.93. The molecule has 2 heterocycles. The molecule has 2 atom stereocenters. The molecule has 0 bridgehead atoms. The number of rotatable bonds is 8. The first kappa shape index (κ1) is 15.2. The van der Waals surface area contributed by atoms with Crippen molar-refractivity contribution in [3.05, 3.63) is 0 Å². The topological polar surface area (TPSA) is 33.7 Å². The van der Waals surface area contributed by atoms with Gasteiger partial charge in [-0.1, -0.05) is 0 Å². The highest BCUT2D eigenvalue weighted by atomic mass is 16.5. The summed E-state index contributed by atoms with van der Waals surface area (Å²) in [6.07, 6.45) is 7.02. The lowest BCUT2D eigenvalue weighted by molar-refractivity contribution is 0.0828. The van der Waals surface area contributed by atoms with Gasteiger partial charge in [0.2, 0.25) is 0 Å². The first-order chi connectivity index (χ1) is 9.38. The standard InChI is InChI=1S/C15H30N2O2/c1-18-11-7-16-12-14-4-2-8-17(13-14)9-6-15-5-3-10-19-15/h14-16H,2-13H2,1H3. The average molecular weight is 270 g/mol. The Morgan fingerprint density at radius 3 is 3.05 bits per heavy atom. The van der Waals surface area contributed by atoms with Gasteiger partial charge >= 0.3 is 0 Å². The summed E-state index contributed by atoms with van der Waals surface area (Å²) < 4.78 is 10.8. The van der Waals surface area contributed by atoms with Gasteiger partial charge in [-0.3, -0.25) is 0 Å². The Labute approximate surface area is 117 Å². The van der Waals surface area contributed by atoms with Gasteiger partial charge in [-0.05, 0) is 51.1 Å². The number of piperidine rings is 1. The van der Waals surface area contributed by atoms with Crippen LogP contribution in [0, 0.1) is 5.92 Å². The monoisotopic (exact) mass is 270 g/mol. The van der Waals surface area contributed by atoms with E-state index in [1.165, 1.54) is 51.7 Å². The molecule has 0 aromatic rings. The third-order valence-corrected chi connectivity index (χ3v) is 4.31. The molecule has 0 radical (unpaired) electrons. The van der Waals surface area contributed by atoms with E-state index in [-0.39, 0.29) is 0 Å². The summed E-state index contributed by atoms with van der Waals surface area (Å²) in [6, 6.07) is 0.